The number of hydrogen-bond donors (Lipinski definition) is 3. The Morgan fingerprint density at radius 1 is 1.07 bits per heavy atom. The molecule has 3 heterocycles. The van der Waals surface area contributed by atoms with Crippen molar-refractivity contribution in [3.63, 3.8) is 0 Å². The van der Waals surface area contributed by atoms with E-state index in [4.69, 9.17) is 4.74 Å². The lowest BCUT2D eigenvalue weighted by Gasteiger charge is -2.36. The molecule has 9 nitrogen and oxygen atoms in total. The third kappa shape index (κ3) is 4.45. The molecule has 3 aliphatic rings. The number of likely N-dealkylation sites (tertiary alicyclic amines) is 1. The Hall–Kier alpha value is -3.43. The quantitative estimate of drug-likeness (QED) is 0.421. The molecule has 0 radical (unpaired) electrons. The standard InChI is InChI=1S/C31H40N4O5/c1-5-34(6-2)23-14-12-22(13-15-23)33-28(38)26-31-18-20(3)30(4,40-31)24(25(31)29(39)35(26)16-17-36)27(37)32-19-21-10-8-7-9-11-21/h7-15,20,24-26,36H,5-6,16-19H2,1-4H3,(H,32,37)(H,33,38)/t20?,24-,25-,26?,30+,31?/m0/s1. The van der Waals surface area contributed by atoms with Gasteiger partial charge in [-0.3, -0.25) is 14.4 Å². The molecule has 3 amide bonds. The third-order valence-electron chi connectivity index (χ3n) is 9.26. The van der Waals surface area contributed by atoms with Crippen LogP contribution in [0, 0.1) is 17.8 Å². The summed E-state index contributed by atoms with van der Waals surface area (Å²) in [5.74, 6) is -2.56. The number of benzene rings is 2. The number of carbonyl (C=O) groups is 3. The molecular weight excluding hydrogens is 508 g/mol. The second kappa shape index (κ2) is 10.9. The van der Waals surface area contributed by atoms with E-state index in [2.05, 4.69) is 29.4 Å². The normalized spacial score (nSPS) is 30.3. The van der Waals surface area contributed by atoms with Crippen LogP contribution >= 0.6 is 0 Å². The highest BCUT2D eigenvalue weighted by molar-refractivity contribution is 6.03. The van der Waals surface area contributed by atoms with Gasteiger partial charge in [0.25, 0.3) is 0 Å². The van der Waals surface area contributed by atoms with Crippen molar-refractivity contribution in [3.05, 3.63) is 60.2 Å². The molecule has 40 heavy (non-hydrogen) atoms. The summed E-state index contributed by atoms with van der Waals surface area (Å²) in [4.78, 5) is 45.2. The highest BCUT2D eigenvalue weighted by Crippen LogP contribution is 2.65. The lowest BCUT2D eigenvalue weighted by atomic mass is 9.62. The van der Waals surface area contributed by atoms with Gasteiger partial charge in [-0.2, -0.15) is 0 Å². The van der Waals surface area contributed by atoms with Crippen molar-refractivity contribution in [3.8, 4) is 0 Å². The monoisotopic (exact) mass is 548 g/mol. The molecule has 2 aromatic rings. The number of aliphatic hydroxyl groups is 1. The SMILES string of the molecule is CCN(CC)c1ccc(NC(=O)C2N(CCO)C(=O)[C@@H]3[C@@H](C(=O)NCc4ccccc4)[C@]4(C)OC23CC4C)cc1. The molecule has 2 aromatic carbocycles. The van der Waals surface area contributed by atoms with Gasteiger partial charge in [0.2, 0.25) is 17.7 Å². The first kappa shape index (κ1) is 28.1. The number of rotatable bonds is 10. The summed E-state index contributed by atoms with van der Waals surface area (Å²) in [5, 5.41) is 15.8. The van der Waals surface area contributed by atoms with E-state index in [9.17, 15) is 19.5 Å². The number of β-amino-alcohol motifs (C(OH)–C–C–N with tert-alkyl or cyclic N) is 1. The predicted octanol–water partition coefficient (Wildman–Crippen LogP) is 2.79. The minimum atomic E-state index is -1.15. The number of nitrogens with one attached hydrogen (secondary N) is 2. The molecule has 9 heteroatoms. The zero-order valence-electron chi connectivity index (χ0n) is 23.7. The number of anilines is 2. The maximum atomic E-state index is 13.9. The number of ether oxygens (including phenoxy) is 1. The van der Waals surface area contributed by atoms with Gasteiger partial charge in [-0.25, -0.2) is 0 Å². The Bertz CT molecular complexity index is 1250. The van der Waals surface area contributed by atoms with Crippen LogP contribution in [0.4, 0.5) is 11.4 Å². The van der Waals surface area contributed by atoms with Gasteiger partial charge in [-0.05, 0) is 62.9 Å². The van der Waals surface area contributed by atoms with Gasteiger partial charge in [-0.1, -0.05) is 37.3 Å². The Balaban J connectivity index is 1.42. The smallest absolute Gasteiger partial charge is 0.250 e. The van der Waals surface area contributed by atoms with Crippen LogP contribution in [0.3, 0.4) is 0 Å². The predicted molar refractivity (Wildman–Crippen MR) is 152 cm³/mol. The fourth-order valence-electron chi connectivity index (χ4n) is 7.24. The highest BCUT2D eigenvalue weighted by Gasteiger charge is 2.79. The summed E-state index contributed by atoms with van der Waals surface area (Å²) >= 11 is 0. The molecule has 0 aromatic heterocycles. The topological polar surface area (TPSA) is 111 Å². The Labute approximate surface area is 235 Å². The molecule has 3 fully saturated rings. The minimum Gasteiger partial charge on any atom is -0.395 e. The van der Waals surface area contributed by atoms with Crippen LogP contribution in [0.5, 0.6) is 0 Å². The van der Waals surface area contributed by atoms with Gasteiger partial charge >= 0.3 is 0 Å². The van der Waals surface area contributed by atoms with Crippen molar-refractivity contribution >= 4 is 29.1 Å². The number of aliphatic hydroxyl groups excluding tert-OH is 1. The number of nitrogens with zero attached hydrogens (tertiary/aromatic N) is 2. The van der Waals surface area contributed by atoms with Crippen molar-refractivity contribution in [1.29, 1.82) is 0 Å². The molecule has 6 atom stereocenters. The number of carbonyl (C=O) groups excluding carboxylic acids is 3. The molecule has 3 aliphatic heterocycles. The minimum absolute atomic E-state index is 0.0110. The average molecular weight is 549 g/mol. The van der Waals surface area contributed by atoms with Gasteiger partial charge in [0.15, 0.2) is 0 Å². The lowest BCUT2D eigenvalue weighted by Crippen LogP contribution is -2.54. The van der Waals surface area contributed by atoms with Gasteiger partial charge < -0.3 is 30.3 Å². The van der Waals surface area contributed by atoms with E-state index in [1.807, 2.05) is 68.4 Å². The second-order valence-corrected chi connectivity index (χ2v) is 11.4. The van der Waals surface area contributed by atoms with E-state index >= 15 is 0 Å². The van der Waals surface area contributed by atoms with Crippen LogP contribution in [0.15, 0.2) is 54.6 Å². The first-order chi connectivity index (χ1) is 19.2. The van der Waals surface area contributed by atoms with Crippen LogP contribution in [0.1, 0.15) is 39.7 Å². The largest absolute Gasteiger partial charge is 0.395 e. The van der Waals surface area contributed by atoms with E-state index in [0.29, 0.717) is 18.7 Å². The second-order valence-electron chi connectivity index (χ2n) is 11.4. The number of amides is 3. The van der Waals surface area contributed by atoms with Crippen LogP contribution in [0.25, 0.3) is 0 Å². The number of fused-ring (bicyclic) bond motifs is 1. The average Bonchev–Trinajstić information content (AvgIpc) is 3.46. The van der Waals surface area contributed by atoms with Crippen molar-refractivity contribution in [2.45, 2.75) is 57.9 Å². The first-order valence-electron chi connectivity index (χ1n) is 14.3. The summed E-state index contributed by atoms with van der Waals surface area (Å²) < 4.78 is 6.70. The maximum absolute atomic E-state index is 13.9. The summed E-state index contributed by atoms with van der Waals surface area (Å²) in [6, 6.07) is 16.3. The van der Waals surface area contributed by atoms with E-state index in [1.54, 1.807) is 0 Å². The summed E-state index contributed by atoms with van der Waals surface area (Å²) in [7, 11) is 0. The summed E-state index contributed by atoms with van der Waals surface area (Å²) in [6.07, 6.45) is 0.475. The van der Waals surface area contributed by atoms with Gasteiger partial charge in [0.05, 0.1) is 24.0 Å². The van der Waals surface area contributed by atoms with Crippen LogP contribution < -0.4 is 15.5 Å². The summed E-state index contributed by atoms with van der Waals surface area (Å²) in [6.45, 7) is 9.87. The Morgan fingerprint density at radius 2 is 1.75 bits per heavy atom. The van der Waals surface area contributed by atoms with Crippen molar-refractivity contribution in [2.24, 2.45) is 17.8 Å². The van der Waals surface area contributed by atoms with Crippen molar-refractivity contribution < 1.29 is 24.2 Å². The van der Waals surface area contributed by atoms with Crippen LogP contribution in [0.2, 0.25) is 0 Å². The molecule has 2 bridgehead atoms. The lowest BCUT2D eigenvalue weighted by molar-refractivity contribution is -0.146. The molecule has 214 valence electrons. The molecule has 3 saturated heterocycles. The molecule has 3 unspecified atom stereocenters. The first-order valence-corrected chi connectivity index (χ1v) is 14.3. The summed E-state index contributed by atoms with van der Waals surface area (Å²) in [5.41, 5.74) is 0.581. The molecule has 5 rings (SSSR count). The van der Waals surface area contributed by atoms with E-state index in [0.717, 1.165) is 24.3 Å². The molecular formula is C31H40N4O5. The zero-order valence-corrected chi connectivity index (χ0v) is 23.7. The maximum Gasteiger partial charge on any atom is 0.250 e. The fraction of sp³-hybridized carbons (Fsp3) is 0.516. The van der Waals surface area contributed by atoms with Crippen molar-refractivity contribution in [2.75, 3.05) is 36.5 Å². The van der Waals surface area contributed by atoms with E-state index < -0.39 is 29.1 Å². The van der Waals surface area contributed by atoms with E-state index in [1.165, 1.54) is 4.90 Å². The highest BCUT2D eigenvalue weighted by atomic mass is 16.5. The zero-order chi connectivity index (χ0) is 28.7. The van der Waals surface area contributed by atoms with Crippen molar-refractivity contribution in [1.82, 2.24) is 10.2 Å². The third-order valence-corrected chi connectivity index (χ3v) is 9.26. The molecule has 3 N–H and O–H groups in total. The molecule has 0 saturated carbocycles. The van der Waals surface area contributed by atoms with Gasteiger partial charge in [0.1, 0.15) is 11.6 Å². The molecule has 1 spiro atoms. The van der Waals surface area contributed by atoms with Crippen LogP contribution in [-0.4, -0.2) is 71.2 Å². The Morgan fingerprint density at radius 3 is 2.38 bits per heavy atom. The van der Waals surface area contributed by atoms with Gasteiger partial charge in [-0.15, -0.1) is 0 Å². The fourth-order valence-corrected chi connectivity index (χ4v) is 7.24. The molecule has 0 aliphatic carbocycles. The van der Waals surface area contributed by atoms with Gasteiger partial charge in [0, 0.05) is 37.6 Å². The number of hydrogen-bond acceptors (Lipinski definition) is 6. The Kier molecular flexibility index (Phi) is 7.63. The van der Waals surface area contributed by atoms with Crippen LogP contribution in [-0.2, 0) is 25.7 Å². The van der Waals surface area contributed by atoms with E-state index in [-0.39, 0.29) is 36.8 Å².